The molecule has 20 heavy (non-hydrogen) atoms. The predicted octanol–water partition coefficient (Wildman–Crippen LogP) is 4.39. The van der Waals surface area contributed by atoms with Gasteiger partial charge in [0.2, 0.25) is 0 Å². The van der Waals surface area contributed by atoms with Crippen molar-refractivity contribution in [3.63, 3.8) is 0 Å². The Balaban J connectivity index is 2.31. The summed E-state index contributed by atoms with van der Waals surface area (Å²) in [5.41, 5.74) is 2.35. The molecule has 3 nitrogen and oxygen atoms in total. The third kappa shape index (κ3) is 3.36. The van der Waals surface area contributed by atoms with Crippen LogP contribution in [-0.4, -0.2) is 17.4 Å². The van der Waals surface area contributed by atoms with E-state index in [0.717, 1.165) is 23.3 Å². The Hall–Kier alpha value is -1.87. The number of halogens is 1. The third-order valence-corrected chi connectivity index (χ3v) is 3.18. The van der Waals surface area contributed by atoms with E-state index >= 15 is 0 Å². The number of rotatable bonds is 5. The second kappa shape index (κ2) is 6.53. The van der Waals surface area contributed by atoms with Crippen LogP contribution in [0.3, 0.4) is 0 Å². The maximum absolute atomic E-state index is 11.4. The number of Topliss-reactive ketones (excluding diaryl/α,β-unsaturated/α-hetero) is 1. The standard InChI is InChI=1S/C16H16ClNO2/c1-3-6-20-14-7-13(9-18-10-14)12-4-5-15(11(2)19)16(17)8-12/h4-5,7-10H,3,6H2,1-2H3. The van der Waals surface area contributed by atoms with Crippen LogP contribution >= 0.6 is 11.6 Å². The van der Waals surface area contributed by atoms with Gasteiger partial charge in [-0.25, -0.2) is 0 Å². The summed E-state index contributed by atoms with van der Waals surface area (Å²) in [7, 11) is 0. The average molecular weight is 290 g/mol. The van der Waals surface area contributed by atoms with Crippen LogP contribution in [0, 0.1) is 0 Å². The van der Waals surface area contributed by atoms with E-state index in [1.54, 1.807) is 24.5 Å². The van der Waals surface area contributed by atoms with E-state index < -0.39 is 0 Å². The molecule has 0 aliphatic heterocycles. The molecule has 4 heteroatoms. The first-order chi connectivity index (χ1) is 9.61. The van der Waals surface area contributed by atoms with Crippen molar-refractivity contribution >= 4 is 17.4 Å². The number of benzene rings is 1. The minimum atomic E-state index is -0.0419. The molecule has 0 saturated heterocycles. The number of aromatic nitrogens is 1. The molecule has 0 spiro atoms. The summed E-state index contributed by atoms with van der Waals surface area (Å²) in [6, 6.07) is 7.30. The lowest BCUT2D eigenvalue weighted by Crippen LogP contribution is -1.96. The van der Waals surface area contributed by atoms with Gasteiger partial charge in [0.1, 0.15) is 5.75 Å². The maximum Gasteiger partial charge on any atom is 0.161 e. The first-order valence-corrected chi connectivity index (χ1v) is 6.88. The molecule has 0 saturated carbocycles. The van der Waals surface area contributed by atoms with Crippen molar-refractivity contribution in [3.05, 3.63) is 47.2 Å². The summed E-state index contributed by atoms with van der Waals surface area (Å²) >= 11 is 6.13. The number of ketones is 1. The monoisotopic (exact) mass is 289 g/mol. The second-order valence-electron chi connectivity index (χ2n) is 4.51. The van der Waals surface area contributed by atoms with Gasteiger partial charge in [-0.05, 0) is 37.1 Å². The summed E-state index contributed by atoms with van der Waals surface area (Å²) in [6.45, 7) is 4.22. The molecule has 0 N–H and O–H groups in total. The van der Waals surface area contributed by atoms with Crippen LogP contribution < -0.4 is 4.74 Å². The van der Waals surface area contributed by atoms with Crippen molar-refractivity contribution in [2.75, 3.05) is 6.61 Å². The fourth-order valence-electron chi connectivity index (χ4n) is 1.86. The number of pyridine rings is 1. The van der Waals surface area contributed by atoms with Crippen LogP contribution in [0.5, 0.6) is 5.75 Å². The zero-order chi connectivity index (χ0) is 14.5. The molecule has 0 unspecified atom stereocenters. The van der Waals surface area contributed by atoms with Gasteiger partial charge in [0.05, 0.1) is 17.8 Å². The largest absolute Gasteiger partial charge is 0.492 e. The Labute approximate surface area is 123 Å². The molecule has 1 heterocycles. The topological polar surface area (TPSA) is 39.2 Å². The molecule has 1 aromatic carbocycles. The summed E-state index contributed by atoms with van der Waals surface area (Å²) in [6.07, 6.45) is 4.38. The number of nitrogens with zero attached hydrogens (tertiary/aromatic N) is 1. The molecule has 2 rings (SSSR count). The predicted molar refractivity (Wildman–Crippen MR) is 80.5 cm³/mol. The molecule has 0 aliphatic rings. The Morgan fingerprint density at radius 3 is 2.70 bits per heavy atom. The van der Waals surface area contributed by atoms with Crippen molar-refractivity contribution < 1.29 is 9.53 Å². The molecule has 0 amide bonds. The number of ether oxygens (including phenoxy) is 1. The molecule has 0 aliphatic carbocycles. The van der Waals surface area contributed by atoms with Crippen LogP contribution in [-0.2, 0) is 0 Å². The Bertz CT molecular complexity index is 626. The molecular formula is C16H16ClNO2. The molecule has 0 fully saturated rings. The van der Waals surface area contributed by atoms with Gasteiger partial charge in [-0.15, -0.1) is 0 Å². The van der Waals surface area contributed by atoms with Gasteiger partial charge in [0.15, 0.2) is 5.78 Å². The Morgan fingerprint density at radius 2 is 2.05 bits per heavy atom. The van der Waals surface area contributed by atoms with Gasteiger partial charge in [-0.2, -0.15) is 0 Å². The van der Waals surface area contributed by atoms with Gasteiger partial charge < -0.3 is 4.74 Å². The van der Waals surface area contributed by atoms with E-state index in [4.69, 9.17) is 16.3 Å². The van der Waals surface area contributed by atoms with Crippen molar-refractivity contribution in [2.45, 2.75) is 20.3 Å². The van der Waals surface area contributed by atoms with E-state index in [9.17, 15) is 4.79 Å². The highest BCUT2D eigenvalue weighted by molar-refractivity contribution is 6.34. The molecule has 0 radical (unpaired) electrons. The van der Waals surface area contributed by atoms with Crippen LogP contribution in [0.2, 0.25) is 5.02 Å². The quantitative estimate of drug-likeness (QED) is 0.766. The summed E-state index contributed by atoms with van der Waals surface area (Å²) in [5, 5.41) is 0.454. The first-order valence-electron chi connectivity index (χ1n) is 6.50. The first kappa shape index (κ1) is 14.5. The van der Waals surface area contributed by atoms with Crippen LogP contribution in [0.4, 0.5) is 0 Å². The van der Waals surface area contributed by atoms with Gasteiger partial charge in [0.25, 0.3) is 0 Å². The zero-order valence-corrected chi connectivity index (χ0v) is 12.3. The highest BCUT2D eigenvalue weighted by Crippen LogP contribution is 2.27. The smallest absolute Gasteiger partial charge is 0.161 e. The van der Waals surface area contributed by atoms with Crippen LogP contribution in [0.25, 0.3) is 11.1 Å². The van der Waals surface area contributed by atoms with E-state index in [1.807, 2.05) is 12.1 Å². The number of hydrogen-bond donors (Lipinski definition) is 0. The normalized spacial score (nSPS) is 10.3. The van der Waals surface area contributed by atoms with Crippen LogP contribution in [0.15, 0.2) is 36.7 Å². The lowest BCUT2D eigenvalue weighted by Gasteiger charge is -2.08. The Kier molecular flexibility index (Phi) is 4.74. The summed E-state index contributed by atoms with van der Waals surface area (Å²) in [4.78, 5) is 15.5. The third-order valence-electron chi connectivity index (χ3n) is 2.87. The highest BCUT2D eigenvalue weighted by Gasteiger charge is 2.08. The average Bonchev–Trinajstić information content (AvgIpc) is 2.45. The van der Waals surface area contributed by atoms with Gasteiger partial charge >= 0.3 is 0 Å². The molecule has 0 bridgehead atoms. The molecule has 104 valence electrons. The zero-order valence-electron chi connectivity index (χ0n) is 11.5. The van der Waals surface area contributed by atoms with Gasteiger partial charge in [0, 0.05) is 17.3 Å². The van der Waals surface area contributed by atoms with Crippen molar-refractivity contribution in [1.29, 1.82) is 0 Å². The van der Waals surface area contributed by atoms with Crippen molar-refractivity contribution in [1.82, 2.24) is 4.98 Å². The lowest BCUT2D eigenvalue weighted by atomic mass is 10.0. The minimum Gasteiger partial charge on any atom is -0.492 e. The van der Waals surface area contributed by atoms with E-state index in [-0.39, 0.29) is 5.78 Å². The second-order valence-corrected chi connectivity index (χ2v) is 4.92. The number of carbonyl (C=O) groups is 1. The van der Waals surface area contributed by atoms with Crippen molar-refractivity contribution in [3.8, 4) is 16.9 Å². The van der Waals surface area contributed by atoms with Gasteiger partial charge in [-0.1, -0.05) is 24.6 Å². The molecule has 0 atom stereocenters. The minimum absolute atomic E-state index is 0.0419. The van der Waals surface area contributed by atoms with E-state index in [1.165, 1.54) is 6.92 Å². The highest BCUT2D eigenvalue weighted by atomic mass is 35.5. The summed E-state index contributed by atoms with van der Waals surface area (Å²) in [5.74, 6) is 0.691. The number of hydrogen-bond acceptors (Lipinski definition) is 3. The number of carbonyl (C=O) groups excluding carboxylic acids is 1. The SMILES string of the molecule is CCCOc1cncc(-c2ccc(C(C)=O)c(Cl)c2)c1. The van der Waals surface area contributed by atoms with Gasteiger partial charge in [-0.3, -0.25) is 9.78 Å². The fraction of sp³-hybridized carbons (Fsp3) is 0.250. The molecule has 2 aromatic rings. The fourth-order valence-corrected chi connectivity index (χ4v) is 2.17. The summed E-state index contributed by atoms with van der Waals surface area (Å²) < 4.78 is 5.56. The molecule has 1 aromatic heterocycles. The van der Waals surface area contributed by atoms with E-state index in [2.05, 4.69) is 11.9 Å². The Morgan fingerprint density at radius 1 is 1.25 bits per heavy atom. The maximum atomic E-state index is 11.4. The van der Waals surface area contributed by atoms with Crippen LogP contribution in [0.1, 0.15) is 30.6 Å². The van der Waals surface area contributed by atoms with Crippen molar-refractivity contribution in [2.24, 2.45) is 0 Å². The lowest BCUT2D eigenvalue weighted by molar-refractivity contribution is 0.101. The van der Waals surface area contributed by atoms with E-state index in [0.29, 0.717) is 17.2 Å². The molecular weight excluding hydrogens is 274 g/mol.